The van der Waals surface area contributed by atoms with Crippen LogP contribution < -0.4 is 10.2 Å². The molecule has 1 heterocycles. The van der Waals surface area contributed by atoms with E-state index >= 15 is 0 Å². The van der Waals surface area contributed by atoms with E-state index in [1.807, 2.05) is 4.90 Å². The van der Waals surface area contributed by atoms with Crippen LogP contribution in [0.3, 0.4) is 0 Å². The normalized spacial score (nSPS) is 17.9. The van der Waals surface area contributed by atoms with Crippen LogP contribution in [0.1, 0.15) is 37.6 Å². The van der Waals surface area contributed by atoms with E-state index in [1.165, 1.54) is 6.07 Å². The summed E-state index contributed by atoms with van der Waals surface area (Å²) in [4.78, 5) is 25.1. The number of hydrogen-bond acceptors (Lipinski definition) is 4. The summed E-state index contributed by atoms with van der Waals surface area (Å²) >= 11 is 5.98. The van der Waals surface area contributed by atoms with Gasteiger partial charge in [-0.05, 0) is 45.4 Å². The smallest absolute Gasteiger partial charge is 0.407 e. The van der Waals surface area contributed by atoms with Crippen molar-refractivity contribution >= 4 is 29.4 Å². The molecule has 0 aliphatic carbocycles. The molecule has 6 nitrogen and oxygen atoms in total. The monoisotopic (exact) mass is 340 g/mol. The van der Waals surface area contributed by atoms with Gasteiger partial charge in [0.2, 0.25) is 0 Å². The second kappa shape index (κ2) is 6.66. The number of nitrogens with one attached hydrogen (secondary N) is 1. The number of carbonyl (C=O) groups is 2. The molecule has 0 aromatic heterocycles. The molecule has 1 aromatic rings. The van der Waals surface area contributed by atoms with Crippen molar-refractivity contribution in [3.05, 3.63) is 28.8 Å². The van der Waals surface area contributed by atoms with Gasteiger partial charge >= 0.3 is 12.1 Å². The van der Waals surface area contributed by atoms with Crippen molar-refractivity contribution in [1.82, 2.24) is 5.32 Å². The summed E-state index contributed by atoms with van der Waals surface area (Å²) in [7, 11) is 0. The van der Waals surface area contributed by atoms with Gasteiger partial charge in [0.15, 0.2) is 0 Å². The number of ether oxygens (including phenoxy) is 1. The number of rotatable bonds is 3. The van der Waals surface area contributed by atoms with E-state index in [2.05, 4.69) is 5.32 Å². The van der Waals surface area contributed by atoms with Gasteiger partial charge in [-0.1, -0.05) is 11.6 Å². The topological polar surface area (TPSA) is 78.9 Å². The number of anilines is 1. The minimum Gasteiger partial charge on any atom is -0.478 e. The van der Waals surface area contributed by atoms with Crippen molar-refractivity contribution in [3.63, 3.8) is 0 Å². The molecule has 0 bridgehead atoms. The molecule has 2 rings (SSSR count). The lowest BCUT2D eigenvalue weighted by molar-refractivity contribution is 0.0508. The number of carbonyl (C=O) groups excluding carboxylic acids is 1. The Morgan fingerprint density at radius 2 is 2.09 bits per heavy atom. The number of halogens is 1. The SMILES string of the molecule is CC(C)(C)OC(=O)NC1CCN(c2cc(Cl)ccc2C(=O)O)C1. The van der Waals surface area contributed by atoms with E-state index in [1.54, 1.807) is 32.9 Å². The van der Waals surface area contributed by atoms with Crippen molar-refractivity contribution in [2.45, 2.75) is 38.8 Å². The number of hydrogen-bond donors (Lipinski definition) is 2. The quantitative estimate of drug-likeness (QED) is 0.883. The molecule has 1 atom stereocenters. The molecule has 126 valence electrons. The van der Waals surface area contributed by atoms with E-state index in [-0.39, 0.29) is 11.6 Å². The third-order valence-corrected chi connectivity index (χ3v) is 3.68. The Bertz CT molecular complexity index is 613. The van der Waals surface area contributed by atoms with Crippen LogP contribution in [0.25, 0.3) is 0 Å². The van der Waals surface area contributed by atoms with Crippen molar-refractivity contribution in [3.8, 4) is 0 Å². The first-order chi connectivity index (χ1) is 10.7. The largest absolute Gasteiger partial charge is 0.478 e. The summed E-state index contributed by atoms with van der Waals surface area (Å²) in [6.45, 7) is 6.57. The number of nitrogens with zero attached hydrogens (tertiary/aromatic N) is 1. The molecule has 2 N–H and O–H groups in total. The molecule has 1 aliphatic heterocycles. The van der Waals surface area contributed by atoms with Gasteiger partial charge < -0.3 is 20.1 Å². The second-order valence-corrected chi connectivity index (χ2v) is 6.98. The van der Waals surface area contributed by atoms with Crippen LogP contribution >= 0.6 is 11.6 Å². The molecule has 1 amide bonds. The van der Waals surface area contributed by atoms with Crippen LogP contribution in [0.15, 0.2) is 18.2 Å². The average Bonchev–Trinajstić information content (AvgIpc) is 2.84. The lowest BCUT2D eigenvalue weighted by atomic mass is 10.1. The predicted octanol–water partition coefficient (Wildman–Crippen LogP) is 3.14. The predicted molar refractivity (Wildman–Crippen MR) is 88.4 cm³/mol. The molecule has 0 radical (unpaired) electrons. The fraction of sp³-hybridized carbons (Fsp3) is 0.500. The van der Waals surface area contributed by atoms with E-state index in [0.717, 1.165) is 0 Å². The molecule has 1 saturated heterocycles. The van der Waals surface area contributed by atoms with Gasteiger partial charge in [0.1, 0.15) is 5.60 Å². The summed E-state index contributed by atoms with van der Waals surface area (Å²) in [5.74, 6) is -1.000. The third kappa shape index (κ3) is 4.76. The number of alkyl carbamates (subject to hydrolysis) is 1. The van der Waals surface area contributed by atoms with Crippen LogP contribution in [-0.4, -0.2) is 41.9 Å². The maximum Gasteiger partial charge on any atom is 0.407 e. The Morgan fingerprint density at radius 3 is 2.70 bits per heavy atom. The van der Waals surface area contributed by atoms with E-state index in [9.17, 15) is 14.7 Å². The highest BCUT2D eigenvalue weighted by Crippen LogP contribution is 2.28. The number of benzene rings is 1. The Morgan fingerprint density at radius 1 is 1.39 bits per heavy atom. The lowest BCUT2D eigenvalue weighted by Gasteiger charge is -2.23. The van der Waals surface area contributed by atoms with E-state index in [4.69, 9.17) is 16.3 Å². The number of aromatic carboxylic acids is 1. The average molecular weight is 341 g/mol. The van der Waals surface area contributed by atoms with E-state index in [0.29, 0.717) is 30.2 Å². The molecule has 1 fully saturated rings. The van der Waals surface area contributed by atoms with E-state index < -0.39 is 17.7 Å². The molecule has 7 heteroatoms. The Hall–Kier alpha value is -1.95. The standard InChI is InChI=1S/C16H21ClN2O4/c1-16(2,3)23-15(22)18-11-6-7-19(9-11)13-8-10(17)4-5-12(13)14(20)21/h4-5,8,11H,6-7,9H2,1-3H3,(H,18,22)(H,20,21). The first-order valence-electron chi connectivity index (χ1n) is 7.43. The van der Waals surface area contributed by atoms with Crippen LogP contribution in [-0.2, 0) is 4.74 Å². The van der Waals surface area contributed by atoms with Gasteiger partial charge in [-0.15, -0.1) is 0 Å². The van der Waals surface area contributed by atoms with Crippen molar-refractivity contribution in [2.24, 2.45) is 0 Å². The van der Waals surface area contributed by atoms with Gasteiger partial charge in [0, 0.05) is 18.1 Å². The maximum absolute atomic E-state index is 11.8. The Labute approximate surface area is 140 Å². The van der Waals surface area contributed by atoms with Crippen LogP contribution in [0, 0.1) is 0 Å². The van der Waals surface area contributed by atoms with Crippen LogP contribution in [0.2, 0.25) is 5.02 Å². The highest BCUT2D eigenvalue weighted by Gasteiger charge is 2.28. The Balaban J connectivity index is 2.04. The maximum atomic E-state index is 11.8. The molecule has 23 heavy (non-hydrogen) atoms. The van der Waals surface area contributed by atoms with Gasteiger partial charge in [0.05, 0.1) is 17.3 Å². The minimum atomic E-state index is -1.000. The zero-order valence-corrected chi connectivity index (χ0v) is 14.2. The molecular weight excluding hydrogens is 320 g/mol. The molecule has 1 aliphatic rings. The summed E-state index contributed by atoms with van der Waals surface area (Å²) in [6, 6.07) is 4.60. The summed E-state index contributed by atoms with van der Waals surface area (Å²) in [6.07, 6.45) is 0.249. The highest BCUT2D eigenvalue weighted by molar-refractivity contribution is 6.31. The van der Waals surface area contributed by atoms with Crippen LogP contribution in [0.5, 0.6) is 0 Å². The molecule has 1 aromatic carbocycles. The highest BCUT2D eigenvalue weighted by atomic mass is 35.5. The molecule has 1 unspecified atom stereocenters. The second-order valence-electron chi connectivity index (χ2n) is 6.54. The number of carboxylic acid groups (broad SMARTS) is 1. The summed E-state index contributed by atoms with van der Waals surface area (Å²) < 4.78 is 5.24. The van der Waals surface area contributed by atoms with Gasteiger partial charge in [0.25, 0.3) is 0 Å². The van der Waals surface area contributed by atoms with Gasteiger partial charge in [-0.25, -0.2) is 9.59 Å². The fourth-order valence-electron chi connectivity index (χ4n) is 2.52. The van der Waals surface area contributed by atoms with Crippen molar-refractivity contribution < 1.29 is 19.4 Å². The van der Waals surface area contributed by atoms with Crippen molar-refractivity contribution in [2.75, 3.05) is 18.0 Å². The zero-order chi connectivity index (χ0) is 17.2. The molecular formula is C16H21ClN2O4. The summed E-state index contributed by atoms with van der Waals surface area (Å²) in [5, 5.41) is 12.6. The summed E-state index contributed by atoms with van der Waals surface area (Å²) in [5.41, 5.74) is 0.219. The molecule has 0 saturated carbocycles. The van der Waals surface area contributed by atoms with Gasteiger partial charge in [-0.2, -0.15) is 0 Å². The Kier molecular flexibility index (Phi) is 5.04. The first-order valence-corrected chi connectivity index (χ1v) is 7.81. The lowest BCUT2D eigenvalue weighted by Crippen LogP contribution is -2.40. The number of carboxylic acids is 1. The zero-order valence-electron chi connectivity index (χ0n) is 13.4. The number of amides is 1. The van der Waals surface area contributed by atoms with Gasteiger partial charge in [-0.3, -0.25) is 0 Å². The minimum absolute atomic E-state index is 0.0922. The third-order valence-electron chi connectivity index (χ3n) is 3.44. The van der Waals surface area contributed by atoms with Crippen molar-refractivity contribution in [1.29, 1.82) is 0 Å². The first kappa shape index (κ1) is 17.4. The fourth-order valence-corrected chi connectivity index (χ4v) is 2.68. The van der Waals surface area contributed by atoms with Crippen LogP contribution in [0.4, 0.5) is 10.5 Å². The molecule has 0 spiro atoms.